The number of hydrogen-bond acceptors (Lipinski definition) is 2. The molecule has 0 N–H and O–H groups in total. The van der Waals surface area contributed by atoms with Crippen LogP contribution >= 0.6 is 0 Å². The molecule has 0 unspecified atom stereocenters. The van der Waals surface area contributed by atoms with Gasteiger partial charge in [0, 0.05) is 5.46 Å². The predicted molar refractivity (Wildman–Crippen MR) is 203 cm³/mol. The maximum Gasteiger partial charge on any atom is 0.260 e. The lowest BCUT2D eigenvalue weighted by molar-refractivity contribution is 0.464. The maximum atomic E-state index is 6.61. The minimum absolute atomic E-state index is 0.0136. The molecule has 0 saturated carbocycles. The molecular formula is C47H27BO2. The third-order valence-corrected chi connectivity index (χ3v) is 11.6. The highest BCUT2D eigenvalue weighted by molar-refractivity contribution is 6.98. The van der Waals surface area contributed by atoms with Crippen LogP contribution in [0.2, 0.25) is 0 Å². The van der Waals surface area contributed by atoms with Gasteiger partial charge in [-0.1, -0.05) is 133 Å². The van der Waals surface area contributed by atoms with Gasteiger partial charge in [-0.2, -0.15) is 0 Å². The first kappa shape index (κ1) is 26.6. The van der Waals surface area contributed by atoms with E-state index in [1.807, 2.05) is 12.1 Å². The minimum atomic E-state index is -0.414. The molecule has 0 aromatic heterocycles. The van der Waals surface area contributed by atoms with Crippen molar-refractivity contribution in [3.05, 3.63) is 186 Å². The number of ether oxygens (including phenoxy) is 2. The summed E-state index contributed by atoms with van der Waals surface area (Å²) in [5.41, 5.74) is 16.1. The number of para-hydroxylation sites is 1. The molecule has 3 heteroatoms. The molecule has 8 aromatic carbocycles. The Labute approximate surface area is 290 Å². The van der Waals surface area contributed by atoms with Crippen LogP contribution < -0.4 is 25.9 Å². The van der Waals surface area contributed by atoms with Gasteiger partial charge in [0.15, 0.2) is 0 Å². The minimum Gasteiger partial charge on any atom is -0.458 e. The fourth-order valence-corrected chi connectivity index (χ4v) is 9.74. The van der Waals surface area contributed by atoms with Crippen LogP contribution in [0.3, 0.4) is 0 Å². The van der Waals surface area contributed by atoms with Crippen molar-refractivity contribution >= 4 is 33.9 Å². The molecule has 0 radical (unpaired) electrons. The van der Waals surface area contributed by atoms with Crippen LogP contribution in [-0.4, -0.2) is 6.71 Å². The average molecular weight is 635 g/mol. The van der Waals surface area contributed by atoms with Crippen molar-refractivity contribution < 1.29 is 9.47 Å². The van der Waals surface area contributed by atoms with Crippen LogP contribution in [0, 0.1) is 0 Å². The normalized spacial score (nSPS) is 14.4. The third kappa shape index (κ3) is 3.16. The standard InChI is InChI=1S/C47H27BO2/c1-2-15-32-29(12-1)34(28-24-25-42-40(26-28)48-39-20-9-10-21-41(39)49-43-22-11-23-44(50-42)46(43)48)27-38-45(32)33-16-5-8-19-37(33)47(38)35-17-6-3-13-30(35)31-14-4-7-18-36(31)47/h1-27H. The molecule has 12 rings (SSSR count). The molecule has 230 valence electrons. The molecule has 0 fully saturated rings. The van der Waals surface area contributed by atoms with Gasteiger partial charge in [0.25, 0.3) is 6.71 Å². The second-order valence-corrected chi connectivity index (χ2v) is 13.9. The van der Waals surface area contributed by atoms with E-state index in [2.05, 4.69) is 152 Å². The van der Waals surface area contributed by atoms with E-state index < -0.39 is 5.41 Å². The Morgan fingerprint density at radius 3 is 1.68 bits per heavy atom. The smallest absolute Gasteiger partial charge is 0.260 e. The van der Waals surface area contributed by atoms with Crippen molar-refractivity contribution in [1.82, 2.24) is 0 Å². The first-order valence-corrected chi connectivity index (χ1v) is 17.4. The van der Waals surface area contributed by atoms with E-state index >= 15 is 0 Å². The van der Waals surface area contributed by atoms with Crippen LogP contribution in [0.15, 0.2) is 164 Å². The van der Waals surface area contributed by atoms with Crippen molar-refractivity contribution in [2.45, 2.75) is 5.41 Å². The Balaban J connectivity index is 1.16. The SMILES string of the molecule is c1ccc2c(c1)Oc1cccc3c1B2c1cc(-c2cc4c(c5ccccc25)-c2ccccc2C42c4ccccc4-c4ccccc42)ccc1O3. The van der Waals surface area contributed by atoms with Gasteiger partial charge < -0.3 is 9.47 Å². The van der Waals surface area contributed by atoms with E-state index in [4.69, 9.17) is 9.47 Å². The Hall–Kier alpha value is -6.32. The average Bonchev–Trinajstić information content (AvgIpc) is 3.65. The highest BCUT2D eigenvalue weighted by atomic mass is 16.5. The molecule has 8 aromatic rings. The van der Waals surface area contributed by atoms with Gasteiger partial charge in [-0.25, -0.2) is 0 Å². The topological polar surface area (TPSA) is 18.5 Å². The van der Waals surface area contributed by atoms with Gasteiger partial charge in [0.2, 0.25) is 0 Å². The molecular weight excluding hydrogens is 607 g/mol. The van der Waals surface area contributed by atoms with Crippen molar-refractivity contribution in [3.8, 4) is 56.4 Å². The fraction of sp³-hybridized carbons (Fsp3) is 0.0213. The molecule has 50 heavy (non-hydrogen) atoms. The van der Waals surface area contributed by atoms with E-state index in [9.17, 15) is 0 Å². The first-order chi connectivity index (χ1) is 24.8. The highest BCUT2D eigenvalue weighted by Crippen LogP contribution is 2.64. The van der Waals surface area contributed by atoms with Crippen molar-refractivity contribution in [1.29, 1.82) is 0 Å². The van der Waals surface area contributed by atoms with Crippen LogP contribution in [0.5, 0.6) is 23.0 Å². The van der Waals surface area contributed by atoms with Crippen molar-refractivity contribution in [2.24, 2.45) is 0 Å². The number of fused-ring (bicyclic) bond motifs is 16. The van der Waals surface area contributed by atoms with Crippen LogP contribution in [-0.2, 0) is 5.41 Å². The summed E-state index contributed by atoms with van der Waals surface area (Å²) < 4.78 is 13.0. The van der Waals surface area contributed by atoms with E-state index in [0.717, 1.165) is 33.9 Å². The monoisotopic (exact) mass is 634 g/mol. The van der Waals surface area contributed by atoms with Gasteiger partial charge in [0.05, 0.1) is 5.41 Å². The molecule has 2 heterocycles. The molecule has 1 spiro atoms. The van der Waals surface area contributed by atoms with Crippen molar-refractivity contribution in [3.63, 3.8) is 0 Å². The molecule has 0 atom stereocenters. The third-order valence-electron chi connectivity index (χ3n) is 11.6. The summed E-state index contributed by atoms with van der Waals surface area (Å²) in [6.07, 6.45) is 0. The summed E-state index contributed by atoms with van der Waals surface area (Å²) in [5, 5.41) is 2.53. The first-order valence-electron chi connectivity index (χ1n) is 17.4. The summed E-state index contributed by atoms with van der Waals surface area (Å²) in [7, 11) is 0. The number of hydrogen-bond donors (Lipinski definition) is 0. The van der Waals surface area contributed by atoms with E-state index in [1.54, 1.807) is 0 Å². The van der Waals surface area contributed by atoms with E-state index in [-0.39, 0.29) is 6.71 Å². The molecule has 0 saturated heterocycles. The van der Waals surface area contributed by atoms with E-state index in [0.29, 0.717) is 0 Å². The van der Waals surface area contributed by atoms with Crippen LogP contribution in [0.25, 0.3) is 44.2 Å². The van der Waals surface area contributed by atoms with Gasteiger partial charge >= 0.3 is 0 Å². The van der Waals surface area contributed by atoms with Crippen LogP contribution in [0.1, 0.15) is 22.3 Å². The zero-order valence-corrected chi connectivity index (χ0v) is 27.0. The lowest BCUT2D eigenvalue weighted by atomic mass is 9.35. The maximum absolute atomic E-state index is 6.61. The molecule has 2 nitrogen and oxygen atoms in total. The molecule has 0 bridgehead atoms. The van der Waals surface area contributed by atoms with Gasteiger partial charge in [-0.3, -0.25) is 0 Å². The molecule has 2 aliphatic heterocycles. The zero-order chi connectivity index (χ0) is 32.6. The quantitative estimate of drug-likeness (QED) is 0.168. The predicted octanol–water partition coefficient (Wildman–Crippen LogP) is 9.58. The van der Waals surface area contributed by atoms with Gasteiger partial charge in [0.1, 0.15) is 23.0 Å². The lowest BCUT2D eigenvalue weighted by Crippen LogP contribution is -2.57. The summed E-state index contributed by atoms with van der Waals surface area (Å²) >= 11 is 0. The Morgan fingerprint density at radius 2 is 0.940 bits per heavy atom. The summed E-state index contributed by atoms with van der Waals surface area (Å²) in [5.74, 6) is 3.53. The van der Waals surface area contributed by atoms with Gasteiger partial charge in [-0.15, -0.1) is 0 Å². The highest BCUT2D eigenvalue weighted by Gasteiger charge is 2.52. The fourth-order valence-electron chi connectivity index (χ4n) is 9.74. The van der Waals surface area contributed by atoms with E-state index in [1.165, 1.54) is 71.9 Å². The van der Waals surface area contributed by atoms with Crippen LogP contribution in [0.4, 0.5) is 0 Å². The zero-order valence-electron chi connectivity index (χ0n) is 27.0. The Bertz CT molecular complexity index is 2740. The lowest BCUT2D eigenvalue weighted by Gasteiger charge is -2.33. The Kier molecular flexibility index (Phi) is 5.02. The summed E-state index contributed by atoms with van der Waals surface area (Å²) in [4.78, 5) is 0. The second kappa shape index (κ2) is 9.43. The number of rotatable bonds is 1. The molecule has 2 aliphatic carbocycles. The Morgan fingerprint density at radius 1 is 0.380 bits per heavy atom. The summed E-state index contributed by atoms with van der Waals surface area (Å²) in [6, 6.07) is 60.0. The molecule has 0 amide bonds. The summed E-state index contributed by atoms with van der Waals surface area (Å²) in [6.45, 7) is 0.0136. The second-order valence-electron chi connectivity index (χ2n) is 13.9. The number of benzene rings is 8. The largest absolute Gasteiger partial charge is 0.458 e. The van der Waals surface area contributed by atoms with Gasteiger partial charge in [-0.05, 0) is 108 Å². The molecule has 4 aliphatic rings. The van der Waals surface area contributed by atoms with Crippen molar-refractivity contribution in [2.75, 3.05) is 0 Å².